The lowest BCUT2D eigenvalue weighted by molar-refractivity contribution is 0.0894. The molecule has 0 bridgehead atoms. The van der Waals surface area contributed by atoms with E-state index >= 15 is 0 Å². The van der Waals surface area contributed by atoms with Crippen molar-refractivity contribution in [3.8, 4) is 5.69 Å². The van der Waals surface area contributed by atoms with Crippen LogP contribution in [0.5, 0.6) is 0 Å². The summed E-state index contributed by atoms with van der Waals surface area (Å²) in [6.07, 6.45) is 1.97. The van der Waals surface area contributed by atoms with E-state index in [2.05, 4.69) is 28.5 Å². The van der Waals surface area contributed by atoms with Crippen LogP contribution in [0.4, 0.5) is 5.69 Å². The van der Waals surface area contributed by atoms with Crippen molar-refractivity contribution in [1.82, 2.24) is 19.5 Å². The molecule has 4 rings (SSSR count). The van der Waals surface area contributed by atoms with Gasteiger partial charge in [0.25, 0.3) is 5.91 Å². The molecule has 1 N–H and O–H groups in total. The highest BCUT2D eigenvalue weighted by atomic mass is 32.2. The lowest BCUT2D eigenvalue weighted by atomic mass is 10.0. The van der Waals surface area contributed by atoms with Crippen molar-refractivity contribution in [2.24, 2.45) is 0 Å². The average Bonchev–Trinajstić information content (AvgIpc) is 3.23. The zero-order valence-electron chi connectivity index (χ0n) is 20.9. The van der Waals surface area contributed by atoms with Gasteiger partial charge in [0, 0.05) is 20.2 Å². The number of fused-ring (bicyclic) bond motifs is 1. The molecule has 3 heterocycles. The van der Waals surface area contributed by atoms with Crippen LogP contribution in [0.15, 0.2) is 30.3 Å². The molecule has 0 radical (unpaired) electrons. The molecule has 188 valence electrons. The van der Waals surface area contributed by atoms with Crippen LogP contribution in [-0.4, -0.2) is 61.1 Å². The number of nitrogens with zero attached hydrogens (tertiary/aromatic N) is 4. The van der Waals surface area contributed by atoms with Crippen molar-refractivity contribution in [3.05, 3.63) is 47.3 Å². The van der Waals surface area contributed by atoms with E-state index in [0.29, 0.717) is 12.2 Å². The number of piperidine rings is 1. The van der Waals surface area contributed by atoms with E-state index in [1.54, 1.807) is 17.9 Å². The van der Waals surface area contributed by atoms with Crippen LogP contribution < -0.4 is 9.62 Å². The average molecular weight is 500 g/mol. The fourth-order valence-corrected chi connectivity index (χ4v) is 4.98. The monoisotopic (exact) mass is 499 g/mol. The normalized spacial score (nSPS) is 16.7. The molecule has 1 saturated heterocycles. The maximum absolute atomic E-state index is 13.0. The lowest BCUT2D eigenvalue weighted by Gasteiger charge is -2.34. The van der Waals surface area contributed by atoms with E-state index in [0.717, 1.165) is 47.4 Å². The van der Waals surface area contributed by atoms with Gasteiger partial charge in [0.15, 0.2) is 5.65 Å². The summed E-state index contributed by atoms with van der Waals surface area (Å²) >= 11 is 0. The highest BCUT2D eigenvalue weighted by Crippen LogP contribution is 2.36. The van der Waals surface area contributed by atoms with Crippen molar-refractivity contribution in [2.75, 3.05) is 30.9 Å². The van der Waals surface area contributed by atoms with Gasteiger partial charge in [-0.25, -0.2) is 22.8 Å². The Bertz CT molecular complexity index is 1350. The van der Waals surface area contributed by atoms with Crippen LogP contribution >= 0.6 is 0 Å². The highest BCUT2D eigenvalue weighted by Gasteiger charge is 2.28. The molecule has 1 amide bonds. The molecule has 3 aromatic rings. The van der Waals surface area contributed by atoms with Gasteiger partial charge in [-0.3, -0.25) is 4.79 Å². The smallest absolute Gasteiger partial charge is 0.283 e. The van der Waals surface area contributed by atoms with Gasteiger partial charge in [-0.15, -0.1) is 0 Å². The molecular formula is C25H33N5O4S. The Balaban J connectivity index is 1.98. The predicted octanol–water partition coefficient (Wildman–Crippen LogP) is 3.55. The third kappa shape index (κ3) is 5.18. The maximum Gasteiger partial charge on any atom is 0.283 e. The lowest BCUT2D eigenvalue weighted by Crippen LogP contribution is -2.39. The molecule has 1 aliphatic rings. The molecule has 0 aliphatic carbocycles. The first-order valence-corrected chi connectivity index (χ1v) is 13.6. The summed E-state index contributed by atoms with van der Waals surface area (Å²) in [6.45, 7) is 9.10. The molecule has 2 aromatic heterocycles. The number of aromatic nitrogens is 3. The van der Waals surface area contributed by atoms with Crippen molar-refractivity contribution in [2.45, 2.75) is 52.6 Å². The van der Waals surface area contributed by atoms with Gasteiger partial charge in [-0.2, -0.15) is 5.10 Å². The van der Waals surface area contributed by atoms with Gasteiger partial charge in [0.05, 0.1) is 34.3 Å². The Labute approximate surface area is 206 Å². The van der Waals surface area contributed by atoms with Gasteiger partial charge in [-0.05, 0) is 56.4 Å². The summed E-state index contributed by atoms with van der Waals surface area (Å²) in [7, 11) is -2.03. The molecule has 1 unspecified atom stereocenters. The zero-order chi connectivity index (χ0) is 25.3. The van der Waals surface area contributed by atoms with Crippen molar-refractivity contribution < 1.29 is 17.9 Å². The van der Waals surface area contributed by atoms with E-state index in [1.165, 1.54) is 6.92 Å². The minimum Gasteiger partial charge on any atom is -0.380 e. The van der Waals surface area contributed by atoms with Gasteiger partial charge < -0.3 is 9.64 Å². The van der Waals surface area contributed by atoms with Gasteiger partial charge in [0.1, 0.15) is 5.69 Å². The first-order chi connectivity index (χ1) is 16.6. The van der Waals surface area contributed by atoms with Crippen LogP contribution in [0.1, 0.15) is 61.3 Å². The number of hydrogen-bond donors (Lipinski definition) is 1. The minimum atomic E-state index is -3.74. The second kappa shape index (κ2) is 9.94. The summed E-state index contributed by atoms with van der Waals surface area (Å²) in [5.74, 6) is -0.848. The number of hydrogen-bond acceptors (Lipinski definition) is 7. The second-order valence-corrected chi connectivity index (χ2v) is 11.3. The molecule has 1 aliphatic heterocycles. The number of anilines is 1. The number of amides is 1. The highest BCUT2D eigenvalue weighted by molar-refractivity contribution is 7.90. The Morgan fingerprint density at radius 1 is 1.29 bits per heavy atom. The molecule has 9 nitrogen and oxygen atoms in total. The summed E-state index contributed by atoms with van der Waals surface area (Å²) in [5, 5.41) is 5.80. The van der Waals surface area contributed by atoms with Crippen LogP contribution in [0.25, 0.3) is 16.7 Å². The third-order valence-electron chi connectivity index (χ3n) is 6.35. The van der Waals surface area contributed by atoms with Gasteiger partial charge >= 0.3 is 0 Å². The fraction of sp³-hybridized carbons (Fsp3) is 0.480. The second-order valence-electron chi connectivity index (χ2n) is 9.30. The van der Waals surface area contributed by atoms with Gasteiger partial charge in [-0.1, -0.05) is 26.0 Å². The molecule has 1 aromatic carbocycles. The number of carbonyl (C=O) groups is 1. The fourth-order valence-electron chi connectivity index (χ4n) is 4.45. The number of aryl methyl sites for hydroxylation is 1. The Hall–Kier alpha value is -2.98. The number of ether oxygens (including phenoxy) is 1. The molecule has 0 spiro atoms. The number of nitrogens with one attached hydrogen (secondary N) is 1. The Morgan fingerprint density at radius 3 is 2.71 bits per heavy atom. The van der Waals surface area contributed by atoms with Crippen molar-refractivity contribution in [3.63, 3.8) is 0 Å². The SMILES string of the molecule is CCS(=O)(=O)NC(=O)c1cc(N2CCCC(OC)C2)c2c(C(C)C)nn(-c3cccc(C)c3)c2n1. The van der Waals surface area contributed by atoms with Crippen LogP contribution in [0.3, 0.4) is 0 Å². The van der Waals surface area contributed by atoms with Crippen LogP contribution in [0.2, 0.25) is 0 Å². The number of rotatable bonds is 7. The molecular weight excluding hydrogens is 466 g/mol. The van der Waals surface area contributed by atoms with Crippen molar-refractivity contribution >= 4 is 32.7 Å². The zero-order valence-corrected chi connectivity index (χ0v) is 21.7. The van der Waals surface area contributed by atoms with Crippen molar-refractivity contribution in [1.29, 1.82) is 0 Å². The van der Waals surface area contributed by atoms with E-state index in [-0.39, 0.29) is 23.5 Å². The van der Waals surface area contributed by atoms with Crippen LogP contribution in [0, 0.1) is 6.92 Å². The summed E-state index contributed by atoms with van der Waals surface area (Å²) in [6, 6.07) is 9.60. The Morgan fingerprint density at radius 2 is 2.06 bits per heavy atom. The van der Waals surface area contributed by atoms with E-state index < -0.39 is 15.9 Å². The number of benzene rings is 1. The standard InChI is InChI=1S/C25H33N5O4S/c1-6-35(32,33)28-25(31)20-14-21(29-12-8-11-19(15-29)34-5)22-23(16(2)3)27-30(24(22)26-20)18-10-7-9-17(4)13-18/h7,9-10,13-14,16,19H,6,8,11-12,15H2,1-5H3,(H,28,31). The number of methoxy groups -OCH3 is 1. The molecule has 10 heteroatoms. The molecule has 1 fully saturated rings. The molecule has 35 heavy (non-hydrogen) atoms. The predicted molar refractivity (Wildman–Crippen MR) is 137 cm³/mol. The van der Waals surface area contributed by atoms with E-state index in [9.17, 15) is 13.2 Å². The summed E-state index contributed by atoms with van der Waals surface area (Å²) in [5.41, 5.74) is 4.14. The largest absolute Gasteiger partial charge is 0.380 e. The quantitative estimate of drug-likeness (QED) is 0.530. The maximum atomic E-state index is 13.0. The first kappa shape index (κ1) is 25.1. The Kier molecular flexibility index (Phi) is 7.14. The van der Waals surface area contributed by atoms with E-state index in [1.807, 2.05) is 31.2 Å². The van der Waals surface area contributed by atoms with Crippen LogP contribution in [-0.2, 0) is 14.8 Å². The number of carbonyl (C=O) groups excluding carboxylic acids is 1. The topological polar surface area (TPSA) is 106 Å². The molecule has 0 saturated carbocycles. The number of sulfonamides is 1. The minimum absolute atomic E-state index is 0.0353. The number of pyridine rings is 1. The summed E-state index contributed by atoms with van der Waals surface area (Å²) < 4.78 is 33.8. The van der Waals surface area contributed by atoms with Gasteiger partial charge in [0.2, 0.25) is 10.0 Å². The van der Waals surface area contributed by atoms with E-state index in [4.69, 9.17) is 9.84 Å². The summed E-state index contributed by atoms with van der Waals surface area (Å²) in [4.78, 5) is 19.9. The first-order valence-electron chi connectivity index (χ1n) is 12.0. The third-order valence-corrected chi connectivity index (χ3v) is 7.61. The molecule has 1 atom stereocenters.